The number of rotatable bonds is 3. The van der Waals surface area contributed by atoms with Gasteiger partial charge in [0.25, 0.3) is 11.5 Å². The number of thioether (sulfide) groups is 1. The van der Waals surface area contributed by atoms with E-state index in [-0.39, 0.29) is 35.2 Å². The van der Waals surface area contributed by atoms with Gasteiger partial charge >= 0.3 is 0 Å². The summed E-state index contributed by atoms with van der Waals surface area (Å²) in [5.74, 6) is 0.0711. The number of pyridine rings is 1. The number of carbonyl (C=O) groups is 1. The Bertz CT molecular complexity index is 1420. The Morgan fingerprint density at radius 3 is 2.57 bits per heavy atom. The summed E-state index contributed by atoms with van der Waals surface area (Å²) in [5.41, 5.74) is 1.44. The summed E-state index contributed by atoms with van der Waals surface area (Å²) in [7, 11) is -3.19. The first-order valence-electron chi connectivity index (χ1n) is 11.4. The third-order valence-electron chi connectivity index (χ3n) is 6.38. The van der Waals surface area contributed by atoms with Crippen molar-refractivity contribution in [1.29, 1.82) is 0 Å². The Kier molecular flexibility index (Phi) is 6.27. The summed E-state index contributed by atoms with van der Waals surface area (Å²) in [4.78, 5) is 35.5. The number of morpholine rings is 1. The SMILES string of the molecule is Cc1ccc2nc(N3CC(C)OC(C)C3)c(/C=C3/SC(=S)N(C4CCS(=O)(=O)C4)C3=O)c(=O)n2c1. The van der Waals surface area contributed by atoms with Crippen LogP contribution in [0.25, 0.3) is 11.7 Å². The van der Waals surface area contributed by atoms with E-state index >= 15 is 0 Å². The van der Waals surface area contributed by atoms with Crippen LogP contribution in [0.1, 0.15) is 31.4 Å². The van der Waals surface area contributed by atoms with Crippen LogP contribution in [0, 0.1) is 6.92 Å². The zero-order valence-electron chi connectivity index (χ0n) is 19.6. The predicted octanol–water partition coefficient (Wildman–Crippen LogP) is 2.00. The van der Waals surface area contributed by atoms with Gasteiger partial charge in [-0.2, -0.15) is 0 Å². The van der Waals surface area contributed by atoms with E-state index in [1.807, 2.05) is 31.7 Å². The molecule has 3 aliphatic rings. The Hall–Kier alpha value is -2.28. The molecule has 12 heteroatoms. The van der Waals surface area contributed by atoms with Gasteiger partial charge in [-0.15, -0.1) is 0 Å². The van der Waals surface area contributed by atoms with Crippen LogP contribution in [0.2, 0.25) is 0 Å². The van der Waals surface area contributed by atoms with E-state index in [9.17, 15) is 18.0 Å². The highest BCUT2D eigenvalue weighted by Crippen LogP contribution is 2.37. The van der Waals surface area contributed by atoms with Gasteiger partial charge in [0, 0.05) is 19.3 Å². The lowest BCUT2D eigenvalue weighted by Crippen LogP contribution is -2.46. The smallest absolute Gasteiger partial charge is 0.267 e. The van der Waals surface area contributed by atoms with Crippen molar-refractivity contribution in [3.8, 4) is 0 Å². The van der Waals surface area contributed by atoms with Gasteiger partial charge in [-0.1, -0.05) is 30.0 Å². The molecule has 2 aromatic heterocycles. The van der Waals surface area contributed by atoms with Gasteiger partial charge in [0.15, 0.2) is 9.84 Å². The number of fused-ring (bicyclic) bond motifs is 1. The van der Waals surface area contributed by atoms with Gasteiger partial charge in [0.1, 0.15) is 15.8 Å². The molecule has 3 unspecified atom stereocenters. The molecule has 0 aliphatic carbocycles. The minimum atomic E-state index is -3.19. The molecule has 35 heavy (non-hydrogen) atoms. The van der Waals surface area contributed by atoms with Crippen LogP contribution in [0.4, 0.5) is 5.82 Å². The lowest BCUT2D eigenvalue weighted by atomic mass is 10.1. The molecule has 0 aromatic carbocycles. The summed E-state index contributed by atoms with van der Waals surface area (Å²) in [5, 5.41) is 0. The Morgan fingerprint density at radius 2 is 1.91 bits per heavy atom. The van der Waals surface area contributed by atoms with Crippen LogP contribution in [0.3, 0.4) is 0 Å². The molecule has 2 aromatic rings. The van der Waals surface area contributed by atoms with Crippen molar-refractivity contribution in [2.75, 3.05) is 29.5 Å². The number of hydrogen-bond donors (Lipinski definition) is 0. The van der Waals surface area contributed by atoms with E-state index in [1.54, 1.807) is 18.3 Å². The third-order valence-corrected chi connectivity index (χ3v) is 9.46. The average molecular weight is 535 g/mol. The molecule has 0 N–H and O–H groups in total. The number of sulfone groups is 1. The van der Waals surface area contributed by atoms with Gasteiger partial charge in [0.05, 0.1) is 40.2 Å². The fourth-order valence-electron chi connectivity index (χ4n) is 4.87. The molecule has 3 saturated heterocycles. The number of aromatic nitrogens is 2. The van der Waals surface area contributed by atoms with Crippen molar-refractivity contribution in [1.82, 2.24) is 14.3 Å². The molecule has 9 nitrogen and oxygen atoms in total. The predicted molar refractivity (Wildman–Crippen MR) is 140 cm³/mol. The van der Waals surface area contributed by atoms with Gasteiger partial charge < -0.3 is 9.64 Å². The lowest BCUT2D eigenvalue weighted by molar-refractivity contribution is -0.123. The fourth-order valence-corrected chi connectivity index (χ4v) is 7.95. The minimum Gasteiger partial charge on any atom is -0.372 e. The van der Waals surface area contributed by atoms with E-state index < -0.39 is 15.9 Å². The second kappa shape index (κ2) is 8.99. The quantitative estimate of drug-likeness (QED) is 0.432. The van der Waals surface area contributed by atoms with Crippen LogP contribution in [0.5, 0.6) is 0 Å². The maximum absolute atomic E-state index is 13.7. The van der Waals surface area contributed by atoms with Crippen LogP contribution in [-0.2, 0) is 19.4 Å². The van der Waals surface area contributed by atoms with Crippen LogP contribution >= 0.6 is 24.0 Å². The molecule has 0 saturated carbocycles. The third kappa shape index (κ3) is 4.64. The summed E-state index contributed by atoms with van der Waals surface area (Å²) >= 11 is 6.54. The molecular formula is C23H26N4O5S3. The van der Waals surface area contributed by atoms with E-state index in [2.05, 4.69) is 0 Å². The zero-order valence-corrected chi connectivity index (χ0v) is 22.1. The summed E-state index contributed by atoms with van der Waals surface area (Å²) in [6.45, 7) is 6.95. The van der Waals surface area contributed by atoms with Gasteiger partial charge in [-0.25, -0.2) is 13.4 Å². The molecule has 0 spiro atoms. The highest BCUT2D eigenvalue weighted by atomic mass is 32.2. The normalized spacial score (nSPS) is 28.0. The van der Waals surface area contributed by atoms with Gasteiger partial charge in [-0.3, -0.25) is 18.9 Å². The second-order valence-corrected chi connectivity index (χ2v) is 13.3. The van der Waals surface area contributed by atoms with Crippen molar-refractivity contribution < 1.29 is 17.9 Å². The molecule has 0 bridgehead atoms. The summed E-state index contributed by atoms with van der Waals surface area (Å²) in [6, 6.07) is 3.23. The standard InChI is InChI=1S/C23H26N4O5S3/c1-13-4-5-19-24-20(25-10-14(2)32-15(3)11-25)17(21(28)26(19)9-13)8-18-22(29)27(23(33)34-18)16-6-7-35(30,31)12-16/h4-5,8-9,14-16H,6-7,10-12H2,1-3H3/b18-8+. The fraction of sp³-hybridized carbons (Fsp3) is 0.478. The second-order valence-electron chi connectivity index (χ2n) is 9.36. The molecule has 5 rings (SSSR count). The maximum atomic E-state index is 13.7. The first kappa shape index (κ1) is 24.4. The van der Waals surface area contributed by atoms with E-state index in [0.29, 0.717) is 45.8 Å². The molecule has 0 radical (unpaired) electrons. The molecule has 3 atom stereocenters. The number of hydrogen-bond acceptors (Lipinski definition) is 9. The molecule has 1 amide bonds. The van der Waals surface area contributed by atoms with Crippen LogP contribution in [0.15, 0.2) is 28.0 Å². The van der Waals surface area contributed by atoms with Crippen LogP contribution < -0.4 is 10.5 Å². The van der Waals surface area contributed by atoms with Crippen molar-refractivity contribution >= 4 is 61.6 Å². The monoisotopic (exact) mass is 534 g/mol. The van der Waals surface area contributed by atoms with Crippen molar-refractivity contribution in [2.24, 2.45) is 0 Å². The average Bonchev–Trinajstić information content (AvgIpc) is 3.26. The number of aryl methyl sites for hydroxylation is 1. The number of carbonyl (C=O) groups excluding carboxylic acids is 1. The molecule has 5 heterocycles. The lowest BCUT2D eigenvalue weighted by Gasteiger charge is -2.36. The Morgan fingerprint density at radius 1 is 1.20 bits per heavy atom. The van der Waals surface area contributed by atoms with Crippen molar-refractivity contribution in [2.45, 2.75) is 45.4 Å². The first-order valence-corrected chi connectivity index (χ1v) is 14.5. The topological polar surface area (TPSA) is 101 Å². The molecule has 186 valence electrons. The number of thiocarbonyl (C=S) groups is 1. The number of ether oxygens (including phenoxy) is 1. The summed E-state index contributed by atoms with van der Waals surface area (Å²) in [6.07, 6.45) is 3.55. The molecule has 3 aliphatic heterocycles. The Balaban J connectivity index is 1.61. The first-order chi connectivity index (χ1) is 16.5. The number of nitrogens with zero attached hydrogens (tertiary/aromatic N) is 4. The summed E-state index contributed by atoms with van der Waals surface area (Å²) < 4.78 is 31.6. The van der Waals surface area contributed by atoms with E-state index in [0.717, 1.165) is 17.3 Å². The van der Waals surface area contributed by atoms with E-state index in [1.165, 1.54) is 9.30 Å². The minimum absolute atomic E-state index is 0.0423. The number of anilines is 1. The van der Waals surface area contributed by atoms with E-state index in [4.69, 9.17) is 21.9 Å². The highest BCUT2D eigenvalue weighted by molar-refractivity contribution is 8.26. The zero-order chi connectivity index (χ0) is 25.1. The van der Waals surface area contributed by atoms with Gasteiger partial charge in [0.2, 0.25) is 0 Å². The Labute approximate surface area is 213 Å². The van der Waals surface area contributed by atoms with Crippen molar-refractivity contribution in [3.05, 3.63) is 44.7 Å². The largest absolute Gasteiger partial charge is 0.372 e. The number of amides is 1. The molecule has 3 fully saturated rings. The maximum Gasteiger partial charge on any atom is 0.267 e. The van der Waals surface area contributed by atoms with Crippen LogP contribution in [-0.4, -0.2) is 75.8 Å². The van der Waals surface area contributed by atoms with Crippen molar-refractivity contribution in [3.63, 3.8) is 0 Å². The highest BCUT2D eigenvalue weighted by Gasteiger charge is 2.42. The molecular weight excluding hydrogens is 508 g/mol. The van der Waals surface area contributed by atoms with Gasteiger partial charge in [-0.05, 0) is 44.9 Å².